The van der Waals surface area contributed by atoms with E-state index in [-0.39, 0.29) is 0 Å². The van der Waals surface area contributed by atoms with E-state index < -0.39 is 17.2 Å². The molecule has 4 N–H and O–H groups in total. The standard InChI is InChI=1S/C13H12N2O4S2/c16-13(17)8-11(12-2-1-7-20-12)14-9-3-5-10(6-4-9)15-21(18)19/h1-8,14-15H,(H,16,17)(H,18,19)/b11-8-. The second-order valence-electron chi connectivity index (χ2n) is 3.93. The molecule has 0 radical (unpaired) electrons. The zero-order chi connectivity index (χ0) is 15.2. The van der Waals surface area contributed by atoms with E-state index in [9.17, 15) is 9.00 Å². The smallest absolute Gasteiger partial charge is 0.330 e. The van der Waals surface area contributed by atoms with Gasteiger partial charge in [0.15, 0.2) is 0 Å². The molecule has 0 saturated heterocycles. The van der Waals surface area contributed by atoms with Crippen LogP contribution >= 0.6 is 11.3 Å². The minimum Gasteiger partial charge on any atom is -0.478 e. The lowest BCUT2D eigenvalue weighted by molar-refractivity contribution is -0.131. The monoisotopic (exact) mass is 324 g/mol. The Kier molecular flexibility index (Phi) is 5.09. The molecule has 0 amide bonds. The van der Waals surface area contributed by atoms with Gasteiger partial charge in [-0.3, -0.25) is 9.27 Å². The highest BCUT2D eigenvalue weighted by Gasteiger charge is 2.06. The predicted molar refractivity (Wildman–Crippen MR) is 84.4 cm³/mol. The van der Waals surface area contributed by atoms with Crippen LogP contribution in [0.25, 0.3) is 5.70 Å². The maximum atomic E-state index is 10.9. The van der Waals surface area contributed by atoms with Crippen molar-refractivity contribution in [2.24, 2.45) is 0 Å². The van der Waals surface area contributed by atoms with Crippen molar-refractivity contribution in [1.82, 2.24) is 0 Å². The van der Waals surface area contributed by atoms with Crippen molar-refractivity contribution < 1.29 is 18.7 Å². The molecule has 1 heterocycles. The third-order valence-corrected chi connectivity index (χ3v) is 3.74. The van der Waals surface area contributed by atoms with Gasteiger partial charge in [-0.2, -0.15) is 0 Å². The summed E-state index contributed by atoms with van der Waals surface area (Å²) in [6.07, 6.45) is 1.10. The number of carbonyl (C=O) groups is 1. The summed E-state index contributed by atoms with van der Waals surface area (Å²) in [5.41, 5.74) is 1.63. The van der Waals surface area contributed by atoms with Crippen LogP contribution in [0.3, 0.4) is 0 Å². The van der Waals surface area contributed by atoms with Gasteiger partial charge in [-0.15, -0.1) is 11.3 Å². The minimum absolute atomic E-state index is 0.476. The highest BCUT2D eigenvalue weighted by atomic mass is 32.2. The van der Waals surface area contributed by atoms with Crippen molar-refractivity contribution in [1.29, 1.82) is 0 Å². The molecule has 0 fully saturated rings. The zero-order valence-electron chi connectivity index (χ0n) is 10.6. The number of rotatable bonds is 6. The van der Waals surface area contributed by atoms with Crippen molar-refractivity contribution in [2.45, 2.75) is 0 Å². The van der Waals surface area contributed by atoms with Crippen molar-refractivity contribution in [3.63, 3.8) is 0 Å². The Labute approximate surface area is 127 Å². The Balaban J connectivity index is 2.17. The number of benzene rings is 1. The Morgan fingerprint density at radius 3 is 2.38 bits per heavy atom. The van der Waals surface area contributed by atoms with E-state index in [2.05, 4.69) is 10.0 Å². The number of aliphatic carboxylic acids is 1. The van der Waals surface area contributed by atoms with Gasteiger partial charge in [0, 0.05) is 17.5 Å². The van der Waals surface area contributed by atoms with Crippen molar-refractivity contribution in [3.8, 4) is 0 Å². The van der Waals surface area contributed by atoms with Gasteiger partial charge in [-0.25, -0.2) is 9.00 Å². The van der Waals surface area contributed by atoms with Crippen molar-refractivity contribution >= 4 is 45.6 Å². The summed E-state index contributed by atoms with van der Waals surface area (Å²) in [6.45, 7) is 0. The second-order valence-corrected chi connectivity index (χ2v) is 5.58. The summed E-state index contributed by atoms with van der Waals surface area (Å²) in [5.74, 6) is -1.04. The van der Waals surface area contributed by atoms with E-state index >= 15 is 0 Å². The average molecular weight is 324 g/mol. The summed E-state index contributed by atoms with van der Waals surface area (Å²) in [4.78, 5) is 11.7. The molecule has 0 aliphatic heterocycles. The van der Waals surface area contributed by atoms with Gasteiger partial charge in [0.25, 0.3) is 11.3 Å². The fourth-order valence-electron chi connectivity index (χ4n) is 1.60. The maximum absolute atomic E-state index is 10.9. The molecule has 0 saturated carbocycles. The first-order valence-corrected chi connectivity index (χ1v) is 7.76. The molecule has 8 heteroatoms. The van der Waals surface area contributed by atoms with E-state index in [1.807, 2.05) is 17.5 Å². The zero-order valence-corrected chi connectivity index (χ0v) is 12.3. The summed E-state index contributed by atoms with van der Waals surface area (Å²) < 4.78 is 21.7. The Hall–Kier alpha value is -2.16. The normalized spacial score (nSPS) is 12.7. The first-order chi connectivity index (χ1) is 10.0. The van der Waals surface area contributed by atoms with E-state index in [4.69, 9.17) is 9.66 Å². The first kappa shape index (κ1) is 15.2. The van der Waals surface area contributed by atoms with E-state index in [1.54, 1.807) is 24.3 Å². The number of carboxylic acid groups (broad SMARTS) is 1. The van der Waals surface area contributed by atoms with Crippen LogP contribution in [0.2, 0.25) is 0 Å². The molecule has 21 heavy (non-hydrogen) atoms. The number of carboxylic acids is 1. The van der Waals surface area contributed by atoms with E-state index in [0.29, 0.717) is 17.1 Å². The quantitative estimate of drug-likeness (QED) is 0.484. The molecule has 0 aliphatic rings. The molecule has 1 aromatic heterocycles. The molecular weight excluding hydrogens is 312 g/mol. The Bertz CT molecular complexity index is 666. The van der Waals surface area contributed by atoms with Crippen LogP contribution < -0.4 is 10.0 Å². The lowest BCUT2D eigenvalue weighted by atomic mass is 10.2. The summed E-state index contributed by atoms with van der Waals surface area (Å²) >= 11 is -0.700. The first-order valence-electron chi connectivity index (χ1n) is 5.77. The van der Waals surface area contributed by atoms with Gasteiger partial charge in [0.1, 0.15) is 0 Å². The predicted octanol–water partition coefficient (Wildman–Crippen LogP) is 2.83. The van der Waals surface area contributed by atoms with Crippen LogP contribution in [0, 0.1) is 0 Å². The van der Waals surface area contributed by atoms with Gasteiger partial charge >= 0.3 is 5.97 Å². The third-order valence-electron chi connectivity index (χ3n) is 2.42. The largest absolute Gasteiger partial charge is 0.478 e. The fraction of sp³-hybridized carbons (Fsp3) is 0. The van der Waals surface area contributed by atoms with Crippen LogP contribution in [-0.4, -0.2) is 19.8 Å². The van der Waals surface area contributed by atoms with Gasteiger partial charge in [-0.05, 0) is 35.7 Å². The van der Waals surface area contributed by atoms with E-state index in [1.165, 1.54) is 11.3 Å². The second kappa shape index (κ2) is 7.02. The number of thiophene rings is 1. The molecule has 0 spiro atoms. The lowest BCUT2D eigenvalue weighted by Gasteiger charge is -2.10. The van der Waals surface area contributed by atoms with Gasteiger partial charge in [0.2, 0.25) is 0 Å². The fourth-order valence-corrected chi connectivity index (χ4v) is 2.64. The van der Waals surface area contributed by atoms with Crippen LogP contribution in [0.4, 0.5) is 11.4 Å². The third kappa shape index (κ3) is 4.71. The SMILES string of the molecule is O=C(O)/C=C(\Nc1ccc(NS(=O)O)cc1)c1cccs1. The summed E-state index contributed by atoms with van der Waals surface area (Å²) in [5, 5.41) is 13.8. The molecule has 0 aliphatic carbocycles. The number of hydrogen-bond acceptors (Lipinski definition) is 4. The highest BCUT2D eigenvalue weighted by molar-refractivity contribution is 7.80. The molecular formula is C13H12N2O4S2. The molecule has 1 atom stereocenters. The molecule has 6 nitrogen and oxygen atoms in total. The molecule has 1 unspecified atom stereocenters. The van der Waals surface area contributed by atoms with Crippen LogP contribution in [0.5, 0.6) is 0 Å². The summed E-state index contributed by atoms with van der Waals surface area (Å²) in [7, 11) is 0. The summed E-state index contributed by atoms with van der Waals surface area (Å²) in [6, 6.07) is 10.2. The topological polar surface area (TPSA) is 98.7 Å². The average Bonchev–Trinajstić information content (AvgIpc) is 2.93. The Morgan fingerprint density at radius 2 is 1.86 bits per heavy atom. The van der Waals surface area contributed by atoms with Crippen molar-refractivity contribution in [2.75, 3.05) is 10.0 Å². The van der Waals surface area contributed by atoms with Crippen LogP contribution in [0.15, 0.2) is 47.9 Å². The maximum Gasteiger partial charge on any atom is 0.330 e. The molecule has 2 aromatic rings. The number of hydrogen-bond donors (Lipinski definition) is 4. The van der Waals surface area contributed by atoms with Gasteiger partial charge < -0.3 is 10.4 Å². The van der Waals surface area contributed by atoms with E-state index in [0.717, 1.165) is 11.0 Å². The highest BCUT2D eigenvalue weighted by Crippen LogP contribution is 2.23. The van der Waals surface area contributed by atoms with Crippen molar-refractivity contribution in [3.05, 3.63) is 52.7 Å². The van der Waals surface area contributed by atoms with Crippen LogP contribution in [0.1, 0.15) is 4.88 Å². The number of nitrogens with one attached hydrogen (secondary N) is 2. The Morgan fingerprint density at radius 1 is 1.19 bits per heavy atom. The molecule has 1 aromatic carbocycles. The molecule has 2 rings (SSSR count). The van der Waals surface area contributed by atoms with Crippen LogP contribution in [-0.2, 0) is 16.1 Å². The van der Waals surface area contributed by atoms with Gasteiger partial charge in [0.05, 0.1) is 10.6 Å². The van der Waals surface area contributed by atoms with Gasteiger partial charge in [-0.1, -0.05) is 6.07 Å². The number of anilines is 2. The minimum atomic E-state index is -2.12. The molecule has 110 valence electrons. The molecule has 0 bridgehead atoms. The lowest BCUT2D eigenvalue weighted by Crippen LogP contribution is -2.03.